The molecular weight excluding hydrogens is 256 g/mol. The molecule has 0 spiro atoms. The third-order valence-corrected chi connectivity index (χ3v) is 2.92. The summed E-state index contributed by atoms with van der Waals surface area (Å²) < 4.78 is 10.5. The van der Waals surface area contributed by atoms with E-state index in [1.807, 2.05) is 19.1 Å². The van der Waals surface area contributed by atoms with Gasteiger partial charge in [-0.2, -0.15) is 0 Å². The van der Waals surface area contributed by atoms with Crippen LogP contribution < -0.4 is 15.0 Å². The van der Waals surface area contributed by atoms with Gasteiger partial charge >= 0.3 is 0 Å². The maximum atomic E-state index is 11.7. The van der Waals surface area contributed by atoms with Crippen molar-refractivity contribution in [3.05, 3.63) is 40.4 Å². The zero-order valence-corrected chi connectivity index (χ0v) is 11.9. The molecule has 1 N–H and O–H groups in total. The zero-order valence-electron chi connectivity index (χ0n) is 11.9. The number of nitrogens with one attached hydrogen (secondary N) is 1. The van der Waals surface area contributed by atoms with Crippen LogP contribution >= 0.6 is 0 Å². The molecule has 1 heterocycles. The Bertz CT molecular complexity index is 628. The van der Waals surface area contributed by atoms with E-state index in [2.05, 4.69) is 9.97 Å². The Hall–Kier alpha value is -2.30. The van der Waals surface area contributed by atoms with E-state index in [9.17, 15) is 4.79 Å². The van der Waals surface area contributed by atoms with E-state index in [1.54, 1.807) is 20.3 Å². The third-order valence-electron chi connectivity index (χ3n) is 2.92. The van der Waals surface area contributed by atoms with E-state index >= 15 is 0 Å². The van der Waals surface area contributed by atoms with Crippen molar-refractivity contribution < 1.29 is 9.47 Å². The Morgan fingerprint density at radius 3 is 2.30 bits per heavy atom. The van der Waals surface area contributed by atoms with Gasteiger partial charge in [-0.1, -0.05) is 6.92 Å². The van der Waals surface area contributed by atoms with Gasteiger partial charge in [-0.05, 0) is 18.6 Å². The number of H-pyrrole nitrogens is 1. The number of nitrogens with zero attached hydrogens (tertiary/aromatic N) is 1. The predicted molar refractivity (Wildman–Crippen MR) is 77.4 cm³/mol. The summed E-state index contributed by atoms with van der Waals surface area (Å²) in [6.07, 6.45) is 1.66. The van der Waals surface area contributed by atoms with E-state index in [1.165, 1.54) is 6.07 Å². The van der Waals surface area contributed by atoms with Crippen LogP contribution in [0.4, 0.5) is 0 Å². The van der Waals surface area contributed by atoms with Crippen LogP contribution in [0.1, 0.15) is 19.2 Å². The molecule has 0 unspecified atom stereocenters. The molecule has 1 aromatic heterocycles. The highest BCUT2D eigenvalue weighted by molar-refractivity contribution is 5.63. The summed E-state index contributed by atoms with van der Waals surface area (Å²) in [5.41, 5.74) is 1.26. The van der Waals surface area contributed by atoms with Crippen LogP contribution in [0.2, 0.25) is 0 Å². The molecule has 0 amide bonds. The molecule has 20 heavy (non-hydrogen) atoms. The summed E-state index contributed by atoms with van der Waals surface area (Å²) in [6.45, 7) is 2.04. The van der Waals surface area contributed by atoms with Crippen molar-refractivity contribution >= 4 is 0 Å². The fraction of sp³-hybridized carbons (Fsp3) is 0.333. The van der Waals surface area contributed by atoms with Gasteiger partial charge in [0, 0.05) is 24.1 Å². The molecule has 0 saturated heterocycles. The van der Waals surface area contributed by atoms with Crippen molar-refractivity contribution in [2.24, 2.45) is 0 Å². The van der Waals surface area contributed by atoms with Crippen molar-refractivity contribution in [2.75, 3.05) is 14.2 Å². The lowest BCUT2D eigenvalue weighted by Gasteiger charge is -2.09. The van der Waals surface area contributed by atoms with Crippen LogP contribution in [-0.2, 0) is 6.42 Å². The minimum Gasteiger partial charge on any atom is -0.497 e. The quantitative estimate of drug-likeness (QED) is 0.909. The number of ether oxygens (including phenoxy) is 2. The standard InChI is InChI=1S/C15H18N2O3/c1-4-5-14-16-13(9-15(18)17-14)10-6-11(19-2)8-12(7-10)20-3/h6-9H,4-5H2,1-3H3,(H,16,17,18). The SMILES string of the molecule is CCCc1nc(-c2cc(OC)cc(OC)c2)cc(=O)[nH]1. The fourth-order valence-electron chi connectivity index (χ4n) is 1.97. The molecule has 0 radical (unpaired) electrons. The predicted octanol–water partition coefficient (Wildman–Crippen LogP) is 2.41. The van der Waals surface area contributed by atoms with Gasteiger partial charge in [-0.3, -0.25) is 4.79 Å². The highest BCUT2D eigenvalue weighted by atomic mass is 16.5. The molecule has 0 saturated carbocycles. The monoisotopic (exact) mass is 274 g/mol. The van der Waals surface area contributed by atoms with Crippen molar-refractivity contribution in [1.29, 1.82) is 0 Å². The highest BCUT2D eigenvalue weighted by Crippen LogP contribution is 2.28. The van der Waals surface area contributed by atoms with Crippen LogP contribution in [0.25, 0.3) is 11.3 Å². The first kappa shape index (κ1) is 14.1. The molecule has 0 bridgehead atoms. The van der Waals surface area contributed by atoms with Crippen LogP contribution in [0.15, 0.2) is 29.1 Å². The highest BCUT2D eigenvalue weighted by Gasteiger charge is 2.08. The molecule has 0 atom stereocenters. The molecular formula is C15H18N2O3. The van der Waals surface area contributed by atoms with E-state index in [-0.39, 0.29) is 5.56 Å². The Kier molecular flexibility index (Phi) is 4.40. The van der Waals surface area contributed by atoms with Gasteiger partial charge in [-0.25, -0.2) is 4.98 Å². The van der Waals surface area contributed by atoms with Gasteiger partial charge in [0.2, 0.25) is 0 Å². The second kappa shape index (κ2) is 6.23. The Balaban J connectivity index is 2.52. The molecule has 0 fully saturated rings. The summed E-state index contributed by atoms with van der Waals surface area (Å²) in [5.74, 6) is 2.02. The lowest BCUT2D eigenvalue weighted by atomic mass is 10.1. The number of hydrogen-bond donors (Lipinski definition) is 1. The average Bonchev–Trinajstić information content (AvgIpc) is 2.46. The molecule has 0 aliphatic rings. The summed E-state index contributed by atoms with van der Waals surface area (Å²) in [7, 11) is 3.18. The van der Waals surface area contributed by atoms with Gasteiger partial charge in [-0.15, -0.1) is 0 Å². The van der Waals surface area contributed by atoms with Crippen LogP contribution in [-0.4, -0.2) is 24.2 Å². The largest absolute Gasteiger partial charge is 0.497 e. The summed E-state index contributed by atoms with van der Waals surface area (Å²) >= 11 is 0. The molecule has 2 aromatic rings. The Morgan fingerprint density at radius 2 is 1.75 bits per heavy atom. The normalized spacial score (nSPS) is 10.3. The minimum absolute atomic E-state index is 0.153. The molecule has 5 heteroatoms. The lowest BCUT2D eigenvalue weighted by Crippen LogP contribution is -2.11. The van der Waals surface area contributed by atoms with Gasteiger partial charge in [0.1, 0.15) is 17.3 Å². The Labute approximate surface area is 117 Å². The van der Waals surface area contributed by atoms with Gasteiger partial charge < -0.3 is 14.5 Å². The van der Waals surface area contributed by atoms with Crippen molar-refractivity contribution in [3.63, 3.8) is 0 Å². The first-order valence-corrected chi connectivity index (χ1v) is 6.50. The fourth-order valence-corrected chi connectivity index (χ4v) is 1.97. The van der Waals surface area contributed by atoms with Gasteiger partial charge in [0.25, 0.3) is 5.56 Å². The lowest BCUT2D eigenvalue weighted by molar-refractivity contribution is 0.394. The average molecular weight is 274 g/mol. The summed E-state index contributed by atoms with van der Waals surface area (Å²) in [6, 6.07) is 6.93. The van der Waals surface area contributed by atoms with Crippen molar-refractivity contribution in [1.82, 2.24) is 9.97 Å². The minimum atomic E-state index is -0.153. The smallest absolute Gasteiger partial charge is 0.251 e. The molecule has 1 aromatic carbocycles. The van der Waals surface area contributed by atoms with Crippen LogP contribution in [0.3, 0.4) is 0 Å². The van der Waals surface area contributed by atoms with Crippen molar-refractivity contribution in [3.8, 4) is 22.8 Å². The van der Waals surface area contributed by atoms with Crippen LogP contribution in [0, 0.1) is 0 Å². The molecule has 0 aliphatic carbocycles. The third kappa shape index (κ3) is 3.17. The number of methoxy groups -OCH3 is 2. The Morgan fingerprint density at radius 1 is 1.10 bits per heavy atom. The molecule has 2 rings (SSSR count). The zero-order chi connectivity index (χ0) is 14.5. The topological polar surface area (TPSA) is 64.2 Å². The number of aromatic amines is 1. The number of aryl methyl sites for hydroxylation is 1. The van der Waals surface area contributed by atoms with Crippen molar-refractivity contribution in [2.45, 2.75) is 19.8 Å². The van der Waals surface area contributed by atoms with Gasteiger partial charge in [0.15, 0.2) is 0 Å². The molecule has 0 aliphatic heterocycles. The van der Waals surface area contributed by atoms with E-state index in [0.29, 0.717) is 23.0 Å². The maximum Gasteiger partial charge on any atom is 0.251 e. The number of rotatable bonds is 5. The number of benzene rings is 1. The first-order chi connectivity index (χ1) is 9.66. The second-order valence-corrected chi connectivity index (χ2v) is 4.43. The van der Waals surface area contributed by atoms with Crippen LogP contribution in [0.5, 0.6) is 11.5 Å². The van der Waals surface area contributed by atoms with E-state index in [0.717, 1.165) is 18.4 Å². The molecule has 5 nitrogen and oxygen atoms in total. The number of hydrogen-bond acceptors (Lipinski definition) is 4. The maximum absolute atomic E-state index is 11.7. The summed E-state index contributed by atoms with van der Waals surface area (Å²) in [4.78, 5) is 18.9. The van der Waals surface area contributed by atoms with Gasteiger partial charge in [0.05, 0.1) is 19.9 Å². The van der Waals surface area contributed by atoms with E-state index in [4.69, 9.17) is 9.47 Å². The summed E-state index contributed by atoms with van der Waals surface area (Å²) in [5, 5.41) is 0. The first-order valence-electron chi connectivity index (χ1n) is 6.50. The second-order valence-electron chi connectivity index (χ2n) is 4.43. The molecule has 106 valence electrons. The van der Waals surface area contributed by atoms with E-state index < -0.39 is 0 Å². The number of aromatic nitrogens is 2.